The number of carbonyl (C=O) groups excluding carboxylic acids is 4. The molecule has 0 saturated carbocycles. The summed E-state index contributed by atoms with van der Waals surface area (Å²) in [6, 6.07) is 0.732. The second-order valence-electron chi connectivity index (χ2n) is 8.97. The first-order valence-electron chi connectivity index (χ1n) is 11.9. The highest BCUT2D eigenvalue weighted by atomic mass is 16.4. The van der Waals surface area contributed by atoms with Gasteiger partial charge in [0.15, 0.2) is 6.04 Å². The third-order valence-corrected chi connectivity index (χ3v) is 5.93. The molecule has 206 valence electrons. The molecule has 0 aromatic heterocycles. The van der Waals surface area contributed by atoms with Crippen molar-refractivity contribution in [1.82, 2.24) is 16.0 Å². The van der Waals surface area contributed by atoms with Crippen molar-refractivity contribution in [2.24, 2.45) is 17.4 Å². The molecular weight excluding hydrogens is 486 g/mol. The van der Waals surface area contributed by atoms with E-state index in [1.165, 1.54) is 19.1 Å². The lowest BCUT2D eigenvalue weighted by molar-refractivity contribution is -0.145. The van der Waals surface area contributed by atoms with Crippen LogP contribution in [0.15, 0.2) is 24.3 Å². The van der Waals surface area contributed by atoms with Crippen LogP contribution in [0.25, 0.3) is 0 Å². The third-order valence-electron chi connectivity index (χ3n) is 5.93. The minimum Gasteiger partial charge on any atom is -0.508 e. The van der Waals surface area contributed by atoms with Crippen LogP contribution < -0.4 is 27.4 Å². The summed E-state index contributed by atoms with van der Waals surface area (Å²) in [5.41, 5.74) is 11.8. The maximum absolute atomic E-state index is 13.2. The van der Waals surface area contributed by atoms with Crippen LogP contribution in [-0.4, -0.2) is 75.2 Å². The fraction of sp³-hybridized carbons (Fsp3) is 0.542. The van der Waals surface area contributed by atoms with Gasteiger partial charge in [-0.1, -0.05) is 32.4 Å². The number of hydrogen-bond acceptors (Lipinski definition) is 8. The summed E-state index contributed by atoms with van der Waals surface area (Å²) in [5, 5.41) is 35.6. The molecule has 0 spiro atoms. The largest absolute Gasteiger partial charge is 0.508 e. The number of nitrogens with one attached hydrogen (secondary N) is 3. The van der Waals surface area contributed by atoms with Gasteiger partial charge in [0.1, 0.15) is 17.8 Å². The van der Waals surface area contributed by atoms with Gasteiger partial charge < -0.3 is 42.7 Å². The Morgan fingerprint density at radius 3 is 1.95 bits per heavy atom. The predicted octanol–water partition coefficient (Wildman–Crippen LogP) is -1.51. The van der Waals surface area contributed by atoms with Gasteiger partial charge in [0, 0.05) is 12.8 Å². The number of benzene rings is 1. The molecule has 0 aliphatic heterocycles. The van der Waals surface area contributed by atoms with E-state index in [-0.39, 0.29) is 30.9 Å². The van der Waals surface area contributed by atoms with E-state index in [9.17, 15) is 39.3 Å². The summed E-state index contributed by atoms with van der Waals surface area (Å²) in [6.45, 7) is 4.81. The van der Waals surface area contributed by atoms with Crippen LogP contribution in [0.2, 0.25) is 0 Å². The first kappa shape index (κ1) is 31.3. The van der Waals surface area contributed by atoms with E-state index >= 15 is 0 Å². The van der Waals surface area contributed by atoms with Crippen molar-refractivity contribution in [2.75, 3.05) is 0 Å². The lowest BCUT2D eigenvalue weighted by Gasteiger charge is -2.26. The summed E-state index contributed by atoms with van der Waals surface area (Å²) in [5.74, 6) is -4.79. The van der Waals surface area contributed by atoms with E-state index in [1.54, 1.807) is 19.1 Å². The standard InChI is InChI=1S/C24H37N5O8/c1-4-12(2)19(26)23(35)28-17(11-14-5-7-15(31)8-6-14)22(34)27-16(9-10-18(25)32)21(33)29-20(13(3)30)24(36)37/h5-8,12-13,16-17,19-20,30-31H,4,9-11,26H2,1-3H3,(H2,25,32)(H,27,34)(H,28,35)(H,29,33)(H,36,37). The molecule has 0 fully saturated rings. The number of rotatable bonds is 15. The summed E-state index contributed by atoms with van der Waals surface area (Å²) in [6.07, 6.45) is -1.42. The van der Waals surface area contributed by atoms with Gasteiger partial charge >= 0.3 is 5.97 Å². The maximum Gasteiger partial charge on any atom is 0.328 e. The van der Waals surface area contributed by atoms with E-state index in [0.717, 1.165) is 0 Å². The van der Waals surface area contributed by atoms with Crippen LogP contribution in [0, 0.1) is 5.92 Å². The molecule has 0 aliphatic carbocycles. The average molecular weight is 524 g/mol. The fourth-order valence-corrected chi connectivity index (χ4v) is 3.33. The Balaban J connectivity index is 3.19. The summed E-state index contributed by atoms with van der Waals surface area (Å²) >= 11 is 0. The summed E-state index contributed by atoms with van der Waals surface area (Å²) < 4.78 is 0. The van der Waals surface area contributed by atoms with Gasteiger partial charge in [-0.25, -0.2) is 4.79 Å². The molecule has 0 radical (unpaired) electrons. The Bertz CT molecular complexity index is 953. The Kier molecular flexibility index (Phi) is 12.5. The lowest BCUT2D eigenvalue weighted by Crippen LogP contribution is -2.59. The molecule has 13 nitrogen and oxygen atoms in total. The number of amides is 4. The Morgan fingerprint density at radius 2 is 1.46 bits per heavy atom. The number of aliphatic carboxylic acids is 1. The van der Waals surface area contributed by atoms with E-state index in [0.29, 0.717) is 12.0 Å². The predicted molar refractivity (Wildman–Crippen MR) is 133 cm³/mol. The van der Waals surface area contributed by atoms with Gasteiger partial charge in [-0.3, -0.25) is 19.2 Å². The zero-order valence-electron chi connectivity index (χ0n) is 21.1. The normalized spacial score (nSPS) is 15.8. The first-order valence-corrected chi connectivity index (χ1v) is 11.9. The number of aliphatic hydroxyl groups is 1. The van der Waals surface area contributed by atoms with Gasteiger partial charge in [0.05, 0.1) is 12.1 Å². The lowest BCUT2D eigenvalue weighted by atomic mass is 9.98. The molecule has 37 heavy (non-hydrogen) atoms. The Labute approximate surface area is 215 Å². The summed E-state index contributed by atoms with van der Waals surface area (Å²) in [4.78, 5) is 61.5. The van der Waals surface area contributed by atoms with E-state index < -0.39 is 59.9 Å². The van der Waals surface area contributed by atoms with Gasteiger partial charge in [-0.2, -0.15) is 0 Å². The number of hydrogen-bond donors (Lipinski definition) is 8. The minimum atomic E-state index is -1.67. The molecule has 1 aromatic carbocycles. The molecule has 0 bridgehead atoms. The van der Waals surface area contributed by atoms with Crippen molar-refractivity contribution in [1.29, 1.82) is 0 Å². The number of phenols is 1. The Hall–Kier alpha value is -3.71. The topological polar surface area (TPSA) is 234 Å². The highest BCUT2D eigenvalue weighted by Crippen LogP contribution is 2.13. The molecule has 0 aliphatic rings. The Morgan fingerprint density at radius 1 is 0.919 bits per heavy atom. The molecule has 10 N–H and O–H groups in total. The number of phenolic OH excluding ortho intramolecular Hbond substituents is 1. The maximum atomic E-state index is 13.2. The van der Waals surface area contributed by atoms with Crippen LogP contribution >= 0.6 is 0 Å². The van der Waals surface area contributed by atoms with Gasteiger partial charge in [0.2, 0.25) is 23.6 Å². The van der Waals surface area contributed by atoms with Crippen LogP contribution in [0.3, 0.4) is 0 Å². The zero-order chi connectivity index (χ0) is 28.3. The zero-order valence-corrected chi connectivity index (χ0v) is 21.1. The van der Waals surface area contributed by atoms with Crippen molar-refractivity contribution in [3.8, 4) is 5.75 Å². The highest BCUT2D eigenvalue weighted by molar-refractivity contribution is 5.94. The number of primary amides is 1. The van der Waals surface area contributed by atoms with Crippen molar-refractivity contribution in [2.45, 2.75) is 76.7 Å². The average Bonchev–Trinajstić information content (AvgIpc) is 2.83. The van der Waals surface area contributed by atoms with Crippen LogP contribution in [0.4, 0.5) is 0 Å². The fourth-order valence-electron chi connectivity index (χ4n) is 3.33. The highest BCUT2D eigenvalue weighted by Gasteiger charge is 2.32. The van der Waals surface area contributed by atoms with Crippen molar-refractivity contribution in [3.05, 3.63) is 29.8 Å². The number of nitrogens with two attached hydrogens (primary N) is 2. The van der Waals surface area contributed by atoms with E-state index in [4.69, 9.17) is 11.5 Å². The first-order chi connectivity index (χ1) is 17.3. The quantitative estimate of drug-likeness (QED) is 0.133. The second kappa shape index (κ2) is 14.8. The van der Waals surface area contributed by atoms with Crippen LogP contribution in [-0.2, 0) is 30.4 Å². The molecule has 1 aromatic rings. The number of aromatic hydroxyl groups is 1. The van der Waals surface area contributed by atoms with Crippen molar-refractivity contribution < 1.29 is 39.3 Å². The van der Waals surface area contributed by atoms with Gasteiger partial charge in [-0.15, -0.1) is 0 Å². The SMILES string of the molecule is CCC(C)C(N)C(=O)NC(Cc1ccc(O)cc1)C(=O)NC(CCC(N)=O)C(=O)NC(C(=O)O)C(C)O. The number of carboxylic acid groups (broad SMARTS) is 1. The van der Waals surface area contributed by atoms with Crippen LogP contribution in [0.5, 0.6) is 5.75 Å². The molecule has 13 heteroatoms. The molecule has 4 amide bonds. The minimum absolute atomic E-state index is 0.00173. The third kappa shape index (κ3) is 10.4. The van der Waals surface area contributed by atoms with Crippen LogP contribution in [0.1, 0.15) is 45.6 Å². The molecule has 0 saturated heterocycles. The van der Waals surface area contributed by atoms with E-state index in [2.05, 4.69) is 16.0 Å². The number of carbonyl (C=O) groups is 5. The molecular formula is C24H37N5O8. The molecule has 6 atom stereocenters. The van der Waals surface area contributed by atoms with Gasteiger partial charge in [-0.05, 0) is 37.0 Å². The second-order valence-corrected chi connectivity index (χ2v) is 8.97. The monoisotopic (exact) mass is 523 g/mol. The molecule has 0 heterocycles. The molecule has 1 rings (SSSR count). The molecule has 6 unspecified atom stereocenters. The summed E-state index contributed by atoms with van der Waals surface area (Å²) in [7, 11) is 0. The van der Waals surface area contributed by atoms with Crippen molar-refractivity contribution >= 4 is 29.6 Å². The van der Waals surface area contributed by atoms with Crippen molar-refractivity contribution in [3.63, 3.8) is 0 Å². The van der Waals surface area contributed by atoms with Gasteiger partial charge in [0.25, 0.3) is 0 Å². The van der Waals surface area contributed by atoms with E-state index in [1.807, 2.05) is 6.92 Å². The smallest absolute Gasteiger partial charge is 0.328 e. The number of aliphatic hydroxyl groups excluding tert-OH is 1. The number of carboxylic acids is 1.